The zero-order chi connectivity index (χ0) is 26.5. The summed E-state index contributed by atoms with van der Waals surface area (Å²) in [4.78, 5) is 24.9. The third-order valence-corrected chi connectivity index (χ3v) is 8.67. The van der Waals surface area contributed by atoms with E-state index >= 15 is 0 Å². The number of carbonyl (C=O) groups is 2. The van der Waals surface area contributed by atoms with Gasteiger partial charge in [0.1, 0.15) is 11.5 Å². The zero-order valence-electron chi connectivity index (χ0n) is 19.7. The first-order valence-electron chi connectivity index (χ1n) is 11.4. The summed E-state index contributed by atoms with van der Waals surface area (Å²) in [7, 11) is -3.21. The maximum Gasteiger partial charge on any atom is 0.251 e. The van der Waals surface area contributed by atoms with E-state index in [2.05, 4.69) is 5.32 Å². The minimum atomic E-state index is -3.21. The first-order chi connectivity index (χ1) is 17.4. The summed E-state index contributed by atoms with van der Waals surface area (Å²) in [6.07, 6.45) is 0.329. The molecule has 5 rings (SSSR count). The van der Waals surface area contributed by atoms with Crippen LogP contribution in [0, 0.1) is 5.82 Å². The van der Waals surface area contributed by atoms with Gasteiger partial charge in [0.15, 0.2) is 9.84 Å². The van der Waals surface area contributed by atoms with Gasteiger partial charge in [-0.25, -0.2) is 17.5 Å². The van der Waals surface area contributed by atoms with E-state index in [1.807, 2.05) is 0 Å². The first kappa shape index (κ1) is 24.9. The molecule has 0 radical (unpaired) electrons. The van der Waals surface area contributed by atoms with Crippen molar-refractivity contribution < 1.29 is 22.4 Å². The van der Waals surface area contributed by atoms with Gasteiger partial charge >= 0.3 is 0 Å². The van der Waals surface area contributed by atoms with Crippen molar-refractivity contribution in [3.8, 4) is 16.9 Å². The number of nitrogens with zero attached hydrogens (tertiary/aromatic N) is 2. The Balaban J connectivity index is 1.64. The van der Waals surface area contributed by atoms with E-state index in [1.54, 1.807) is 54.1 Å². The maximum atomic E-state index is 13.6. The third kappa shape index (κ3) is 4.82. The van der Waals surface area contributed by atoms with Crippen molar-refractivity contribution in [1.82, 2.24) is 15.1 Å². The Hall–Kier alpha value is -3.76. The number of nitrogens with one attached hydrogen (secondary N) is 1. The minimum Gasteiger partial charge on any atom is -0.366 e. The quantitative estimate of drug-likeness (QED) is 0.397. The van der Waals surface area contributed by atoms with Gasteiger partial charge in [0.05, 0.1) is 33.3 Å². The molecule has 1 aromatic heterocycles. The molecule has 0 bridgehead atoms. The van der Waals surface area contributed by atoms with Crippen molar-refractivity contribution in [2.24, 2.45) is 5.73 Å². The second kappa shape index (κ2) is 8.97. The number of nitrogens with two attached hydrogens (primary N) is 1. The number of aromatic nitrogens is 2. The van der Waals surface area contributed by atoms with Crippen molar-refractivity contribution in [3.63, 3.8) is 0 Å². The van der Waals surface area contributed by atoms with Gasteiger partial charge in [0.2, 0.25) is 5.91 Å². The molecular weight excluding hydrogens is 519 g/mol. The highest BCUT2D eigenvalue weighted by Crippen LogP contribution is 2.35. The molecule has 0 spiro atoms. The van der Waals surface area contributed by atoms with Crippen molar-refractivity contribution in [2.75, 3.05) is 11.5 Å². The van der Waals surface area contributed by atoms with Crippen LogP contribution in [0.2, 0.25) is 5.02 Å². The standard InChI is InChI=1S/C26H22ClFN4O4S/c1-26(10-11-37(35,36)14-26)30-25(34)16-2-8-19-22(13-16)32(18-6-4-17(28)5-7-18)31-23(19)20-12-15(24(29)33)3-9-21(20)27/h2-9,12-13H,10-11,14H2,1H3,(H2,29,33)(H,30,34). The summed E-state index contributed by atoms with van der Waals surface area (Å²) in [5.74, 6) is -1.57. The number of rotatable bonds is 5. The molecule has 37 heavy (non-hydrogen) atoms. The molecule has 2 amide bonds. The Morgan fingerprint density at radius 2 is 1.78 bits per heavy atom. The number of benzene rings is 3. The molecule has 1 aliphatic heterocycles. The molecular formula is C26H22ClFN4O4S. The molecule has 2 heterocycles. The summed E-state index contributed by atoms with van der Waals surface area (Å²) < 4.78 is 39.1. The zero-order valence-corrected chi connectivity index (χ0v) is 21.2. The highest BCUT2D eigenvalue weighted by Gasteiger charge is 2.39. The lowest BCUT2D eigenvalue weighted by atomic mass is 10.0. The molecule has 4 aromatic rings. The van der Waals surface area contributed by atoms with Crippen LogP contribution in [0.5, 0.6) is 0 Å². The fourth-order valence-electron chi connectivity index (χ4n) is 4.55. The highest BCUT2D eigenvalue weighted by molar-refractivity contribution is 7.91. The average molecular weight is 541 g/mol. The van der Waals surface area contributed by atoms with E-state index in [-0.39, 0.29) is 17.1 Å². The van der Waals surface area contributed by atoms with E-state index in [9.17, 15) is 22.4 Å². The number of sulfone groups is 1. The average Bonchev–Trinajstić information content (AvgIpc) is 3.35. The van der Waals surface area contributed by atoms with Crippen LogP contribution in [0.3, 0.4) is 0 Å². The van der Waals surface area contributed by atoms with E-state index in [1.165, 1.54) is 18.2 Å². The highest BCUT2D eigenvalue weighted by atomic mass is 35.5. The molecule has 3 N–H and O–H groups in total. The predicted octanol–water partition coefficient (Wildman–Crippen LogP) is 3.89. The number of halogens is 2. The lowest BCUT2D eigenvalue weighted by Crippen LogP contribution is -2.46. The summed E-state index contributed by atoms with van der Waals surface area (Å²) in [6.45, 7) is 1.71. The fraction of sp³-hybridized carbons (Fsp3) is 0.192. The molecule has 11 heteroatoms. The predicted molar refractivity (Wildman–Crippen MR) is 139 cm³/mol. The van der Waals surface area contributed by atoms with Gasteiger partial charge < -0.3 is 11.1 Å². The first-order valence-corrected chi connectivity index (χ1v) is 13.6. The van der Waals surface area contributed by atoms with Crippen LogP contribution in [-0.4, -0.2) is 47.1 Å². The molecule has 3 aromatic carbocycles. The molecule has 1 atom stereocenters. The number of fused-ring (bicyclic) bond motifs is 1. The van der Waals surface area contributed by atoms with E-state index in [0.29, 0.717) is 44.9 Å². The Labute approximate surface area is 217 Å². The van der Waals surface area contributed by atoms with Crippen molar-refractivity contribution in [3.05, 3.63) is 82.6 Å². The second-order valence-electron chi connectivity index (χ2n) is 9.38. The van der Waals surface area contributed by atoms with Crippen LogP contribution in [-0.2, 0) is 9.84 Å². The van der Waals surface area contributed by atoms with Crippen LogP contribution < -0.4 is 11.1 Å². The Kier molecular flexibility index (Phi) is 6.04. The minimum absolute atomic E-state index is 0.0225. The van der Waals surface area contributed by atoms with Gasteiger partial charge in [-0.15, -0.1) is 0 Å². The number of hydrogen-bond acceptors (Lipinski definition) is 5. The van der Waals surface area contributed by atoms with Crippen LogP contribution in [0.25, 0.3) is 27.8 Å². The topological polar surface area (TPSA) is 124 Å². The van der Waals surface area contributed by atoms with E-state index in [0.717, 1.165) is 0 Å². The van der Waals surface area contributed by atoms with Gasteiger partial charge in [0.25, 0.3) is 5.91 Å². The largest absolute Gasteiger partial charge is 0.366 e. The maximum absolute atomic E-state index is 13.6. The smallest absolute Gasteiger partial charge is 0.251 e. The summed E-state index contributed by atoms with van der Waals surface area (Å²) in [5, 5.41) is 8.52. The molecule has 1 unspecified atom stereocenters. The van der Waals surface area contributed by atoms with Gasteiger partial charge in [0, 0.05) is 22.1 Å². The van der Waals surface area contributed by atoms with E-state index in [4.69, 9.17) is 22.4 Å². The normalized spacial score (nSPS) is 18.7. The molecule has 0 aliphatic carbocycles. The van der Waals surface area contributed by atoms with Crippen molar-refractivity contribution in [1.29, 1.82) is 0 Å². The van der Waals surface area contributed by atoms with Crippen molar-refractivity contribution in [2.45, 2.75) is 18.9 Å². The monoisotopic (exact) mass is 540 g/mol. The number of hydrogen-bond donors (Lipinski definition) is 2. The Bertz CT molecular complexity index is 1680. The van der Waals surface area contributed by atoms with Gasteiger partial charge in [-0.2, -0.15) is 5.10 Å². The number of carbonyl (C=O) groups excluding carboxylic acids is 2. The summed E-state index contributed by atoms with van der Waals surface area (Å²) in [6, 6.07) is 15.2. The Morgan fingerprint density at radius 1 is 1.08 bits per heavy atom. The number of amides is 2. The van der Waals surface area contributed by atoms with E-state index < -0.39 is 33.0 Å². The Morgan fingerprint density at radius 3 is 2.43 bits per heavy atom. The molecule has 0 saturated carbocycles. The SMILES string of the molecule is CC1(NC(=O)c2ccc3c(-c4cc(C(N)=O)ccc4Cl)nn(-c4ccc(F)cc4)c3c2)CCS(=O)(=O)C1. The van der Waals surface area contributed by atoms with Gasteiger partial charge in [-0.1, -0.05) is 11.6 Å². The molecule has 1 aliphatic rings. The lowest BCUT2D eigenvalue weighted by Gasteiger charge is -2.23. The van der Waals surface area contributed by atoms with Crippen LogP contribution in [0.15, 0.2) is 60.7 Å². The molecule has 1 saturated heterocycles. The fourth-order valence-corrected chi connectivity index (χ4v) is 6.85. The molecule has 190 valence electrons. The van der Waals surface area contributed by atoms with Gasteiger partial charge in [-0.05, 0) is 74.0 Å². The van der Waals surface area contributed by atoms with Crippen LogP contribution in [0.4, 0.5) is 4.39 Å². The van der Waals surface area contributed by atoms with Gasteiger partial charge in [-0.3, -0.25) is 9.59 Å². The molecule has 8 nitrogen and oxygen atoms in total. The number of primary amides is 1. The summed E-state index contributed by atoms with van der Waals surface area (Å²) in [5.41, 5.74) is 7.10. The third-order valence-electron chi connectivity index (χ3n) is 6.44. The lowest BCUT2D eigenvalue weighted by molar-refractivity contribution is 0.0914. The second-order valence-corrected chi connectivity index (χ2v) is 12.0. The van der Waals surface area contributed by atoms with Crippen LogP contribution >= 0.6 is 11.6 Å². The molecule has 1 fully saturated rings. The summed E-state index contributed by atoms with van der Waals surface area (Å²) >= 11 is 6.46. The van der Waals surface area contributed by atoms with Crippen molar-refractivity contribution >= 4 is 44.2 Å². The van der Waals surface area contributed by atoms with Crippen LogP contribution in [0.1, 0.15) is 34.1 Å².